The first-order valence-electron chi connectivity index (χ1n) is 5.11. The Labute approximate surface area is 81.5 Å². The number of piperidine rings is 1. The molecule has 13 heavy (non-hydrogen) atoms. The SMILES string of the molecule is CC#CCN1CCCC(C(C)N)C1. The van der Waals surface area contributed by atoms with Crippen LogP contribution in [0.1, 0.15) is 26.7 Å². The van der Waals surface area contributed by atoms with Crippen molar-refractivity contribution in [2.24, 2.45) is 11.7 Å². The molecular weight excluding hydrogens is 160 g/mol. The van der Waals surface area contributed by atoms with Gasteiger partial charge in [0.05, 0.1) is 6.54 Å². The highest BCUT2D eigenvalue weighted by Crippen LogP contribution is 2.17. The van der Waals surface area contributed by atoms with Crippen LogP contribution in [0.15, 0.2) is 0 Å². The highest BCUT2D eigenvalue weighted by atomic mass is 15.1. The average molecular weight is 180 g/mol. The van der Waals surface area contributed by atoms with Gasteiger partial charge >= 0.3 is 0 Å². The van der Waals surface area contributed by atoms with Crippen molar-refractivity contribution < 1.29 is 0 Å². The topological polar surface area (TPSA) is 29.3 Å². The van der Waals surface area contributed by atoms with Crippen molar-refractivity contribution in [2.45, 2.75) is 32.7 Å². The zero-order valence-corrected chi connectivity index (χ0v) is 8.71. The van der Waals surface area contributed by atoms with Gasteiger partial charge in [0.2, 0.25) is 0 Å². The van der Waals surface area contributed by atoms with E-state index in [4.69, 9.17) is 5.73 Å². The maximum Gasteiger partial charge on any atom is 0.0601 e. The molecule has 1 heterocycles. The maximum absolute atomic E-state index is 5.90. The van der Waals surface area contributed by atoms with Crippen molar-refractivity contribution >= 4 is 0 Å². The summed E-state index contributed by atoms with van der Waals surface area (Å²) in [5.74, 6) is 6.72. The molecule has 2 unspecified atom stereocenters. The van der Waals surface area contributed by atoms with Gasteiger partial charge in [0, 0.05) is 12.6 Å². The van der Waals surface area contributed by atoms with Crippen LogP contribution in [-0.4, -0.2) is 30.6 Å². The van der Waals surface area contributed by atoms with Crippen molar-refractivity contribution in [1.82, 2.24) is 4.90 Å². The Morgan fingerprint density at radius 2 is 2.38 bits per heavy atom. The quantitative estimate of drug-likeness (QED) is 0.644. The minimum absolute atomic E-state index is 0.331. The molecule has 0 aliphatic carbocycles. The van der Waals surface area contributed by atoms with E-state index in [0.29, 0.717) is 12.0 Å². The third kappa shape index (κ3) is 3.38. The molecule has 1 aliphatic heterocycles. The summed E-state index contributed by atoms with van der Waals surface area (Å²) in [6, 6.07) is 0.331. The van der Waals surface area contributed by atoms with E-state index >= 15 is 0 Å². The fraction of sp³-hybridized carbons (Fsp3) is 0.818. The Morgan fingerprint density at radius 1 is 1.62 bits per heavy atom. The van der Waals surface area contributed by atoms with Crippen LogP contribution in [0.3, 0.4) is 0 Å². The van der Waals surface area contributed by atoms with Crippen molar-refractivity contribution in [3.05, 3.63) is 0 Å². The zero-order chi connectivity index (χ0) is 9.68. The van der Waals surface area contributed by atoms with E-state index in [0.717, 1.165) is 13.1 Å². The second kappa shape index (κ2) is 5.26. The highest BCUT2D eigenvalue weighted by Gasteiger charge is 2.21. The first-order valence-corrected chi connectivity index (χ1v) is 5.11. The molecule has 0 amide bonds. The monoisotopic (exact) mass is 180 g/mol. The summed E-state index contributed by atoms with van der Waals surface area (Å²) in [6.07, 6.45) is 2.56. The van der Waals surface area contributed by atoms with Gasteiger partial charge in [0.15, 0.2) is 0 Å². The van der Waals surface area contributed by atoms with Gasteiger partial charge in [0.1, 0.15) is 0 Å². The van der Waals surface area contributed by atoms with Gasteiger partial charge in [-0.3, -0.25) is 4.90 Å². The second-order valence-corrected chi connectivity index (χ2v) is 3.92. The summed E-state index contributed by atoms with van der Waals surface area (Å²) in [6.45, 7) is 7.25. The van der Waals surface area contributed by atoms with Gasteiger partial charge < -0.3 is 5.73 Å². The molecule has 0 aromatic heterocycles. The van der Waals surface area contributed by atoms with Gasteiger partial charge in [-0.1, -0.05) is 5.92 Å². The lowest BCUT2D eigenvalue weighted by Gasteiger charge is -2.33. The molecule has 2 atom stereocenters. The van der Waals surface area contributed by atoms with Crippen LogP contribution in [0.4, 0.5) is 0 Å². The predicted octanol–water partition coefficient (Wildman–Crippen LogP) is 1.07. The molecule has 1 saturated heterocycles. The van der Waals surface area contributed by atoms with E-state index < -0.39 is 0 Å². The van der Waals surface area contributed by atoms with Gasteiger partial charge in [-0.2, -0.15) is 0 Å². The lowest BCUT2D eigenvalue weighted by Crippen LogP contribution is -2.42. The largest absolute Gasteiger partial charge is 0.328 e. The Morgan fingerprint density at radius 3 is 3.00 bits per heavy atom. The number of rotatable bonds is 2. The van der Waals surface area contributed by atoms with Gasteiger partial charge in [-0.25, -0.2) is 0 Å². The van der Waals surface area contributed by atoms with Crippen LogP contribution in [0, 0.1) is 17.8 Å². The van der Waals surface area contributed by atoms with E-state index in [1.54, 1.807) is 0 Å². The molecule has 0 bridgehead atoms. The molecule has 0 saturated carbocycles. The van der Waals surface area contributed by atoms with Crippen molar-refractivity contribution in [1.29, 1.82) is 0 Å². The lowest BCUT2D eigenvalue weighted by molar-refractivity contribution is 0.178. The van der Waals surface area contributed by atoms with Gasteiger partial charge in [0.25, 0.3) is 0 Å². The molecule has 2 N–H and O–H groups in total. The first kappa shape index (κ1) is 10.6. The molecule has 0 aromatic rings. The normalized spacial score (nSPS) is 26.2. The van der Waals surface area contributed by atoms with Crippen LogP contribution >= 0.6 is 0 Å². The Bertz CT molecular complexity index is 200. The number of hydrogen-bond donors (Lipinski definition) is 1. The minimum Gasteiger partial charge on any atom is -0.328 e. The van der Waals surface area contributed by atoms with Crippen LogP contribution in [0.25, 0.3) is 0 Å². The summed E-state index contributed by atoms with van der Waals surface area (Å²) in [7, 11) is 0. The molecule has 74 valence electrons. The van der Waals surface area contributed by atoms with Crippen molar-refractivity contribution in [2.75, 3.05) is 19.6 Å². The second-order valence-electron chi connectivity index (χ2n) is 3.92. The van der Waals surface area contributed by atoms with Crippen LogP contribution in [0.5, 0.6) is 0 Å². The fourth-order valence-electron chi connectivity index (χ4n) is 1.85. The van der Waals surface area contributed by atoms with E-state index in [-0.39, 0.29) is 0 Å². The lowest BCUT2D eigenvalue weighted by atomic mass is 9.92. The summed E-state index contributed by atoms with van der Waals surface area (Å²) in [5.41, 5.74) is 5.90. The minimum atomic E-state index is 0.331. The van der Waals surface area contributed by atoms with Crippen LogP contribution in [0.2, 0.25) is 0 Å². The molecule has 1 aliphatic rings. The number of hydrogen-bond acceptors (Lipinski definition) is 2. The molecule has 0 radical (unpaired) electrons. The van der Waals surface area contributed by atoms with E-state index in [2.05, 4.69) is 23.7 Å². The van der Waals surface area contributed by atoms with E-state index in [1.165, 1.54) is 19.4 Å². The average Bonchev–Trinajstić information content (AvgIpc) is 2.15. The summed E-state index contributed by atoms with van der Waals surface area (Å²) >= 11 is 0. The summed E-state index contributed by atoms with van der Waals surface area (Å²) < 4.78 is 0. The third-order valence-corrected chi connectivity index (χ3v) is 2.76. The van der Waals surface area contributed by atoms with Crippen LogP contribution < -0.4 is 5.73 Å². The Hall–Kier alpha value is -0.520. The number of nitrogens with two attached hydrogens (primary N) is 1. The van der Waals surface area contributed by atoms with Crippen molar-refractivity contribution in [3.8, 4) is 11.8 Å². The molecule has 1 rings (SSSR count). The smallest absolute Gasteiger partial charge is 0.0601 e. The van der Waals surface area contributed by atoms with Gasteiger partial charge in [-0.15, -0.1) is 5.92 Å². The standard InChI is InChI=1S/C11H20N2/c1-3-4-7-13-8-5-6-11(9-13)10(2)12/h10-11H,5-9,12H2,1-2H3. The Balaban J connectivity index is 2.35. The van der Waals surface area contributed by atoms with Crippen LogP contribution in [-0.2, 0) is 0 Å². The predicted molar refractivity (Wildman–Crippen MR) is 56.3 cm³/mol. The third-order valence-electron chi connectivity index (χ3n) is 2.76. The number of likely N-dealkylation sites (tertiary alicyclic amines) is 1. The van der Waals surface area contributed by atoms with E-state index in [9.17, 15) is 0 Å². The summed E-state index contributed by atoms with van der Waals surface area (Å²) in [4.78, 5) is 2.41. The van der Waals surface area contributed by atoms with Crippen molar-refractivity contribution in [3.63, 3.8) is 0 Å². The molecule has 0 spiro atoms. The zero-order valence-electron chi connectivity index (χ0n) is 8.71. The maximum atomic E-state index is 5.90. The molecule has 1 fully saturated rings. The fourth-order valence-corrected chi connectivity index (χ4v) is 1.85. The number of nitrogens with zero attached hydrogens (tertiary/aromatic N) is 1. The Kier molecular flexibility index (Phi) is 4.27. The summed E-state index contributed by atoms with van der Waals surface area (Å²) in [5, 5.41) is 0. The first-order chi connectivity index (χ1) is 6.24. The molecule has 2 heteroatoms. The molecule has 0 aromatic carbocycles. The van der Waals surface area contributed by atoms with Gasteiger partial charge in [-0.05, 0) is 39.2 Å². The molecular formula is C11H20N2. The highest BCUT2D eigenvalue weighted by molar-refractivity contribution is 4.98. The molecule has 2 nitrogen and oxygen atoms in total. The van der Waals surface area contributed by atoms with E-state index in [1.807, 2.05) is 6.92 Å².